The number of hydrogen-bond acceptors (Lipinski definition) is 4. The van der Waals surface area contributed by atoms with Crippen LogP contribution in [0.3, 0.4) is 0 Å². The Morgan fingerprint density at radius 1 is 1.05 bits per heavy atom. The molecule has 0 bridgehead atoms. The van der Waals surface area contributed by atoms with Gasteiger partial charge in [-0.25, -0.2) is 0 Å². The highest BCUT2D eigenvalue weighted by molar-refractivity contribution is 5.96. The van der Waals surface area contributed by atoms with E-state index in [0.717, 1.165) is 27.8 Å². The van der Waals surface area contributed by atoms with Crippen molar-refractivity contribution >= 4 is 10.8 Å². The molecule has 0 spiro atoms. The Morgan fingerprint density at radius 3 is 2.32 bits per heavy atom. The molecule has 4 heteroatoms. The molecule has 2 rings (SSSR count). The van der Waals surface area contributed by atoms with Crippen LogP contribution in [0.2, 0.25) is 0 Å². The lowest BCUT2D eigenvalue weighted by molar-refractivity contribution is 0.164. The van der Waals surface area contributed by atoms with Crippen LogP contribution in [0, 0.1) is 0 Å². The largest absolute Gasteiger partial charge is 0.496 e. The molecule has 2 aromatic rings. The van der Waals surface area contributed by atoms with E-state index in [4.69, 9.17) is 9.47 Å². The van der Waals surface area contributed by atoms with Crippen molar-refractivity contribution < 1.29 is 14.6 Å². The summed E-state index contributed by atoms with van der Waals surface area (Å²) in [5, 5.41) is 15.8. The van der Waals surface area contributed by atoms with E-state index in [0.29, 0.717) is 6.54 Å². The Kier molecular flexibility index (Phi) is 4.94. The van der Waals surface area contributed by atoms with Gasteiger partial charge in [-0.15, -0.1) is 0 Å². The molecular formula is C18H25NO3. The monoisotopic (exact) mass is 303 g/mol. The van der Waals surface area contributed by atoms with Crippen LogP contribution in [-0.4, -0.2) is 31.4 Å². The first-order chi connectivity index (χ1) is 10.4. The van der Waals surface area contributed by atoms with Gasteiger partial charge in [0.1, 0.15) is 11.5 Å². The van der Waals surface area contributed by atoms with Gasteiger partial charge >= 0.3 is 0 Å². The number of aliphatic hydroxyl groups excluding tert-OH is 1. The third-order valence-corrected chi connectivity index (χ3v) is 3.62. The molecule has 0 heterocycles. The quantitative estimate of drug-likeness (QED) is 0.890. The maximum atomic E-state index is 10.6. The van der Waals surface area contributed by atoms with Crippen molar-refractivity contribution in [3.8, 4) is 11.5 Å². The van der Waals surface area contributed by atoms with Crippen LogP contribution < -0.4 is 14.8 Å². The minimum atomic E-state index is -0.621. The lowest BCUT2D eigenvalue weighted by atomic mass is 9.98. The van der Waals surface area contributed by atoms with E-state index in [-0.39, 0.29) is 5.54 Å². The predicted molar refractivity (Wildman–Crippen MR) is 89.8 cm³/mol. The minimum absolute atomic E-state index is 0.0483. The van der Waals surface area contributed by atoms with Gasteiger partial charge in [-0.2, -0.15) is 0 Å². The Balaban J connectivity index is 2.49. The lowest BCUT2D eigenvalue weighted by Gasteiger charge is -2.24. The van der Waals surface area contributed by atoms with E-state index in [9.17, 15) is 5.11 Å². The van der Waals surface area contributed by atoms with Gasteiger partial charge in [0, 0.05) is 22.9 Å². The maximum Gasteiger partial charge on any atom is 0.127 e. The summed E-state index contributed by atoms with van der Waals surface area (Å²) < 4.78 is 10.9. The van der Waals surface area contributed by atoms with E-state index in [1.165, 1.54) is 0 Å². The summed E-state index contributed by atoms with van der Waals surface area (Å²) in [6.45, 7) is 6.70. The van der Waals surface area contributed by atoms with Gasteiger partial charge in [0.05, 0.1) is 20.3 Å². The second kappa shape index (κ2) is 6.55. The molecule has 120 valence electrons. The average molecular weight is 303 g/mol. The zero-order valence-corrected chi connectivity index (χ0v) is 13.9. The number of rotatable bonds is 5. The number of ether oxygens (including phenoxy) is 2. The molecule has 0 fully saturated rings. The highest BCUT2D eigenvalue weighted by Crippen LogP contribution is 2.37. The molecule has 2 aromatic carbocycles. The third-order valence-electron chi connectivity index (χ3n) is 3.62. The highest BCUT2D eigenvalue weighted by Gasteiger charge is 2.19. The van der Waals surface area contributed by atoms with Crippen molar-refractivity contribution in [2.75, 3.05) is 20.8 Å². The van der Waals surface area contributed by atoms with E-state index in [2.05, 4.69) is 26.1 Å². The number of nitrogens with one attached hydrogen (secondary N) is 1. The van der Waals surface area contributed by atoms with Gasteiger partial charge in [-0.1, -0.05) is 18.2 Å². The summed E-state index contributed by atoms with van der Waals surface area (Å²) in [6, 6.07) is 9.59. The van der Waals surface area contributed by atoms with Crippen molar-refractivity contribution in [3.05, 3.63) is 35.9 Å². The molecule has 22 heavy (non-hydrogen) atoms. The van der Waals surface area contributed by atoms with E-state index in [1.54, 1.807) is 14.2 Å². The lowest BCUT2D eigenvalue weighted by Crippen LogP contribution is -2.38. The van der Waals surface area contributed by atoms with Crippen LogP contribution in [-0.2, 0) is 0 Å². The molecule has 0 aromatic heterocycles. The standard InChI is InChI=1S/C18H25NO3/c1-18(2,3)19-11-14(20)12-9-10-15(21-4)13-7-6-8-16(22-5)17(12)13/h6-10,14,19-20H,11H2,1-5H3. The maximum absolute atomic E-state index is 10.6. The van der Waals surface area contributed by atoms with Crippen molar-refractivity contribution in [2.24, 2.45) is 0 Å². The zero-order chi connectivity index (χ0) is 16.3. The summed E-state index contributed by atoms with van der Waals surface area (Å²) in [5.41, 5.74) is 0.790. The fourth-order valence-corrected chi connectivity index (χ4v) is 2.51. The Bertz CT molecular complexity index is 647. The van der Waals surface area contributed by atoms with Crippen LogP contribution in [0.15, 0.2) is 30.3 Å². The number of fused-ring (bicyclic) bond motifs is 1. The molecule has 0 radical (unpaired) electrons. The van der Waals surface area contributed by atoms with Crippen molar-refractivity contribution in [1.82, 2.24) is 5.32 Å². The van der Waals surface area contributed by atoms with Crippen molar-refractivity contribution in [3.63, 3.8) is 0 Å². The summed E-state index contributed by atoms with van der Waals surface area (Å²) in [5.74, 6) is 1.51. The summed E-state index contributed by atoms with van der Waals surface area (Å²) in [7, 11) is 3.28. The Hall–Kier alpha value is -1.78. The molecule has 0 saturated carbocycles. The minimum Gasteiger partial charge on any atom is -0.496 e. The number of methoxy groups -OCH3 is 2. The van der Waals surface area contributed by atoms with Crippen molar-refractivity contribution in [2.45, 2.75) is 32.4 Å². The first-order valence-electron chi connectivity index (χ1n) is 7.44. The molecule has 0 aliphatic rings. The molecular weight excluding hydrogens is 278 g/mol. The summed E-state index contributed by atoms with van der Waals surface area (Å²) in [6.07, 6.45) is -0.621. The van der Waals surface area contributed by atoms with E-state index < -0.39 is 6.10 Å². The first kappa shape index (κ1) is 16.6. The molecule has 0 aliphatic carbocycles. The molecule has 0 amide bonds. The molecule has 2 N–H and O–H groups in total. The van der Waals surface area contributed by atoms with Crippen LogP contribution in [0.25, 0.3) is 10.8 Å². The average Bonchev–Trinajstić information content (AvgIpc) is 2.50. The topological polar surface area (TPSA) is 50.7 Å². The van der Waals surface area contributed by atoms with Crippen molar-refractivity contribution in [1.29, 1.82) is 0 Å². The molecule has 1 unspecified atom stereocenters. The van der Waals surface area contributed by atoms with Crippen LogP contribution in [0.4, 0.5) is 0 Å². The number of β-amino-alcohol motifs (C(OH)–C–C–N with tert-alkyl or cyclic N) is 1. The predicted octanol–water partition coefficient (Wildman–Crippen LogP) is 3.28. The second-order valence-electron chi connectivity index (χ2n) is 6.39. The van der Waals surface area contributed by atoms with Gasteiger partial charge in [-0.05, 0) is 38.5 Å². The van der Waals surface area contributed by atoms with E-state index >= 15 is 0 Å². The Morgan fingerprint density at radius 2 is 1.73 bits per heavy atom. The van der Waals surface area contributed by atoms with E-state index in [1.807, 2.05) is 30.3 Å². The van der Waals surface area contributed by atoms with Crippen LogP contribution in [0.5, 0.6) is 11.5 Å². The zero-order valence-electron chi connectivity index (χ0n) is 13.9. The SMILES string of the molecule is COc1ccc(C(O)CNC(C)(C)C)c2c(OC)cccc12. The molecule has 4 nitrogen and oxygen atoms in total. The fourth-order valence-electron chi connectivity index (χ4n) is 2.51. The number of benzene rings is 2. The smallest absolute Gasteiger partial charge is 0.127 e. The van der Waals surface area contributed by atoms with Crippen LogP contribution in [0.1, 0.15) is 32.4 Å². The van der Waals surface area contributed by atoms with Gasteiger partial charge in [0.25, 0.3) is 0 Å². The molecule has 0 saturated heterocycles. The fraction of sp³-hybridized carbons (Fsp3) is 0.444. The van der Waals surface area contributed by atoms with Gasteiger partial charge in [0.2, 0.25) is 0 Å². The first-order valence-corrected chi connectivity index (χ1v) is 7.44. The highest BCUT2D eigenvalue weighted by atomic mass is 16.5. The second-order valence-corrected chi connectivity index (χ2v) is 6.39. The number of hydrogen-bond donors (Lipinski definition) is 2. The summed E-state index contributed by atoms with van der Waals surface area (Å²) >= 11 is 0. The summed E-state index contributed by atoms with van der Waals surface area (Å²) in [4.78, 5) is 0. The Labute approximate surface area is 132 Å². The van der Waals surface area contributed by atoms with Gasteiger partial charge in [0.15, 0.2) is 0 Å². The number of aliphatic hydroxyl groups is 1. The third kappa shape index (κ3) is 3.51. The molecule has 1 atom stereocenters. The normalized spacial score (nSPS) is 13.2. The molecule has 0 aliphatic heterocycles. The van der Waals surface area contributed by atoms with Gasteiger partial charge in [-0.3, -0.25) is 0 Å². The van der Waals surface area contributed by atoms with Crippen LogP contribution >= 0.6 is 0 Å². The van der Waals surface area contributed by atoms with Gasteiger partial charge < -0.3 is 19.9 Å².